The van der Waals surface area contributed by atoms with Gasteiger partial charge in [0.1, 0.15) is 5.82 Å². The van der Waals surface area contributed by atoms with Gasteiger partial charge in [0.25, 0.3) is 0 Å². The number of nitrogens with one attached hydrogen (secondary N) is 1. The Morgan fingerprint density at radius 2 is 2.33 bits per heavy atom. The average molecular weight is 249 g/mol. The lowest BCUT2D eigenvalue weighted by Gasteiger charge is -2.12. The number of halogens is 1. The third-order valence-corrected chi connectivity index (χ3v) is 3.60. The zero-order valence-corrected chi connectivity index (χ0v) is 10.8. The highest BCUT2D eigenvalue weighted by Gasteiger charge is 2.22. The molecule has 1 aromatic rings. The first kappa shape index (κ1) is 13.1. The fourth-order valence-corrected chi connectivity index (χ4v) is 2.66. The fourth-order valence-electron chi connectivity index (χ4n) is 2.66. The smallest absolute Gasteiger partial charge is 0.219 e. The lowest BCUT2D eigenvalue weighted by atomic mass is 9.98. The summed E-state index contributed by atoms with van der Waals surface area (Å²) in [5, 5.41) is 2.92. The zero-order chi connectivity index (χ0) is 13.0. The van der Waals surface area contributed by atoms with Gasteiger partial charge in [-0.1, -0.05) is 13.0 Å². The van der Waals surface area contributed by atoms with Crippen LogP contribution in [-0.2, 0) is 11.2 Å². The van der Waals surface area contributed by atoms with Crippen LogP contribution >= 0.6 is 0 Å². The van der Waals surface area contributed by atoms with E-state index in [4.69, 9.17) is 0 Å². The number of rotatable bonds is 5. The SMILES string of the molecule is CCCC(=O)NCCC1CCc2ccc(F)cc21. The summed E-state index contributed by atoms with van der Waals surface area (Å²) in [6.45, 7) is 2.69. The molecule has 0 aliphatic heterocycles. The number of amides is 1. The number of carbonyl (C=O) groups is 1. The molecule has 2 rings (SSSR count). The van der Waals surface area contributed by atoms with Gasteiger partial charge in [-0.05, 0) is 54.9 Å². The average Bonchev–Trinajstić information content (AvgIpc) is 2.72. The molecule has 0 fully saturated rings. The fraction of sp³-hybridized carbons (Fsp3) is 0.533. The summed E-state index contributed by atoms with van der Waals surface area (Å²) in [5.41, 5.74) is 2.40. The van der Waals surface area contributed by atoms with E-state index in [9.17, 15) is 9.18 Å². The number of hydrogen-bond acceptors (Lipinski definition) is 1. The molecule has 1 atom stereocenters. The highest BCUT2D eigenvalue weighted by atomic mass is 19.1. The lowest BCUT2D eigenvalue weighted by molar-refractivity contribution is -0.121. The van der Waals surface area contributed by atoms with Gasteiger partial charge in [0.05, 0.1) is 0 Å². The molecule has 18 heavy (non-hydrogen) atoms. The zero-order valence-electron chi connectivity index (χ0n) is 10.8. The molecule has 98 valence electrons. The van der Waals surface area contributed by atoms with Crippen molar-refractivity contribution in [3.63, 3.8) is 0 Å². The van der Waals surface area contributed by atoms with Crippen LogP contribution < -0.4 is 5.32 Å². The standard InChI is InChI=1S/C15H20FNO/c1-2-3-15(18)17-9-8-12-5-4-11-6-7-13(16)10-14(11)12/h6-7,10,12H,2-5,8-9H2,1H3,(H,17,18). The number of fused-ring (bicyclic) bond motifs is 1. The molecule has 0 heterocycles. The molecule has 3 heteroatoms. The molecule has 0 spiro atoms. The van der Waals surface area contributed by atoms with E-state index < -0.39 is 0 Å². The minimum atomic E-state index is -0.157. The maximum atomic E-state index is 13.2. The molecule has 0 aromatic heterocycles. The van der Waals surface area contributed by atoms with Crippen LogP contribution in [0.4, 0.5) is 4.39 Å². The van der Waals surface area contributed by atoms with Crippen molar-refractivity contribution in [2.24, 2.45) is 0 Å². The summed E-state index contributed by atoms with van der Waals surface area (Å²) < 4.78 is 13.2. The summed E-state index contributed by atoms with van der Waals surface area (Å²) in [6.07, 6.45) is 4.48. The van der Waals surface area contributed by atoms with Crippen molar-refractivity contribution >= 4 is 5.91 Å². The second-order valence-electron chi connectivity index (χ2n) is 4.97. The van der Waals surface area contributed by atoms with Crippen LogP contribution in [0, 0.1) is 5.82 Å². The normalized spacial score (nSPS) is 17.6. The summed E-state index contributed by atoms with van der Waals surface area (Å²) in [5.74, 6) is 0.364. The Morgan fingerprint density at radius 1 is 1.50 bits per heavy atom. The van der Waals surface area contributed by atoms with Crippen LogP contribution in [0.2, 0.25) is 0 Å². The van der Waals surface area contributed by atoms with Crippen molar-refractivity contribution < 1.29 is 9.18 Å². The molecular weight excluding hydrogens is 229 g/mol. The molecule has 0 saturated carbocycles. The van der Waals surface area contributed by atoms with E-state index in [1.54, 1.807) is 6.07 Å². The molecule has 1 aliphatic carbocycles. The molecule has 1 amide bonds. The maximum Gasteiger partial charge on any atom is 0.219 e. The second kappa shape index (κ2) is 5.98. The highest BCUT2D eigenvalue weighted by Crippen LogP contribution is 2.35. The van der Waals surface area contributed by atoms with Crippen LogP contribution in [0.25, 0.3) is 0 Å². The predicted molar refractivity (Wildman–Crippen MR) is 70.0 cm³/mol. The van der Waals surface area contributed by atoms with Crippen LogP contribution in [0.15, 0.2) is 18.2 Å². The van der Waals surface area contributed by atoms with Gasteiger partial charge in [-0.25, -0.2) is 4.39 Å². The molecule has 0 bridgehead atoms. The van der Waals surface area contributed by atoms with Crippen molar-refractivity contribution in [3.05, 3.63) is 35.1 Å². The van der Waals surface area contributed by atoms with Gasteiger partial charge in [0.15, 0.2) is 0 Å². The molecule has 1 N–H and O–H groups in total. The Hall–Kier alpha value is -1.38. The van der Waals surface area contributed by atoms with E-state index in [-0.39, 0.29) is 11.7 Å². The Labute approximate surface area is 108 Å². The summed E-state index contributed by atoms with van der Waals surface area (Å²) >= 11 is 0. The molecular formula is C15H20FNO. The molecule has 0 radical (unpaired) electrons. The highest BCUT2D eigenvalue weighted by molar-refractivity contribution is 5.75. The number of benzene rings is 1. The van der Waals surface area contributed by atoms with Gasteiger partial charge < -0.3 is 5.32 Å². The van der Waals surface area contributed by atoms with Gasteiger partial charge in [-0.3, -0.25) is 4.79 Å². The molecule has 1 aliphatic rings. The maximum absolute atomic E-state index is 13.2. The first-order chi connectivity index (χ1) is 8.70. The summed E-state index contributed by atoms with van der Waals surface area (Å²) in [6, 6.07) is 5.07. The van der Waals surface area contributed by atoms with E-state index in [0.717, 1.165) is 31.2 Å². The van der Waals surface area contributed by atoms with E-state index in [0.29, 0.717) is 18.9 Å². The molecule has 0 saturated heterocycles. The Bertz CT molecular complexity index is 431. The monoisotopic (exact) mass is 249 g/mol. The largest absolute Gasteiger partial charge is 0.356 e. The van der Waals surface area contributed by atoms with Crippen molar-refractivity contribution in [1.29, 1.82) is 0 Å². The van der Waals surface area contributed by atoms with Crippen LogP contribution in [0.1, 0.15) is 49.7 Å². The Balaban J connectivity index is 1.86. The van der Waals surface area contributed by atoms with Crippen molar-refractivity contribution in [3.8, 4) is 0 Å². The van der Waals surface area contributed by atoms with E-state index in [1.165, 1.54) is 11.6 Å². The first-order valence-electron chi connectivity index (χ1n) is 6.75. The van der Waals surface area contributed by atoms with Gasteiger partial charge in [-0.2, -0.15) is 0 Å². The molecule has 2 nitrogen and oxygen atoms in total. The second-order valence-corrected chi connectivity index (χ2v) is 4.97. The minimum Gasteiger partial charge on any atom is -0.356 e. The third kappa shape index (κ3) is 3.09. The summed E-state index contributed by atoms with van der Waals surface area (Å²) in [4.78, 5) is 11.3. The Morgan fingerprint density at radius 3 is 3.11 bits per heavy atom. The van der Waals surface area contributed by atoms with Gasteiger partial charge in [0.2, 0.25) is 5.91 Å². The minimum absolute atomic E-state index is 0.120. The third-order valence-electron chi connectivity index (χ3n) is 3.60. The van der Waals surface area contributed by atoms with Gasteiger partial charge in [0, 0.05) is 13.0 Å². The van der Waals surface area contributed by atoms with E-state index in [2.05, 4.69) is 5.32 Å². The first-order valence-corrected chi connectivity index (χ1v) is 6.75. The predicted octanol–water partition coefficient (Wildman–Crippen LogP) is 3.16. The number of hydrogen-bond donors (Lipinski definition) is 1. The van der Waals surface area contributed by atoms with Crippen molar-refractivity contribution in [2.45, 2.75) is 44.9 Å². The topological polar surface area (TPSA) is 29.1 Å². The van der Waals surface area contributed by atoms with Gasteiger partial charge >= 0.3 is 0 Å². The number of aryl methyl sites for hydroxylation is 1. The van der Waals surface area contributed by atoms with Gasteiger partial charge in [-0.15, -0.1) is 0 Å². The van der Waals surface area contributed by atoms with Crippen molar-refractivity contribution in [1.82, 2.24) is 5.32 Å². The van der Waals surface area contributed by atoms with E-state index >= 15 is 0 Å². The molecule has 1 unspecified atom stereocenters. The van der Waals surface area contributed by atoms with E-state index in [1.807, 2.05) is 13.0 Å². The van der Waals surface area contributed by atoms with Crippen LogP contribution in [0.5, 0.6) is 0 Å². The Kier molecular flexibility index (Phi) is 4.34. The quantitative estimate of drug-likeness (QED) is 0.853. The van der Waals surface area contributed by atoms with Crippen molar-refractivity contribution in [2.75, 3.05) is 6.54 Å². The summed E-state index contributed by atoms with van der Waals surface area (Å²) in [7, 11) is 0. The number of carbonyl (C=O) groups excluding carboxylic acids is 1. The van der Waals surface area contributed by atoms with Crippen LogP contribution in [-0.4, -0.2) is 12.5 Å². The molecule has 1 aromatic carbocycles. The van der Waals surface area contributed by atoms with Crippen LogP contribution in [0.3, 0.4) is 0 Å². The lowest BCUT2D eigenvalue weighted by Crippen LogP contribution is -2.24.